The number of nitriles is 1. The molecule has 0 bridgehead atoms. The number of carbonyl (C=O) groups is 1. The van der Waals surface area contributed by atoms with Crippen LogP contribution in [0.15, 0.2) is 12.1 Å². The van der Waals surface area contributed by atoms with Crippen LogP contribution in [0.3, 0.4) is 0 Å². The molecule has 1 aromatic carbocycles. The van der Waals surface area contributed by atoms with E-state index in [0.717, 1.165) is 5.56 Å². The van der Waals surface area contributed by atoms with Crippen LogP contribution in [0.1, 0.15) is 16.7 Å². The maximum Gasteiger partial charge on any atom is 0.307 e. The van der Waals surface area contributed by atoms with E-state index in [1.165, 1.54) is 0 Å². The second-order valence-electron chi connectivity index (χ2n) is 3.03. The molecule has 72 valence electrons. The van der Waals surface area contributed by atoms with Crippen LogP contribution in [0.2, 0.25) is 0 Å². The number of nitrogen functional groups attached to an aromatic ring is 1. The first-order valence-electron chi connectivity index (χ1n) is 4.05. The number of nitrogens with zero attached hydrogens (tertiary/aromatic N) is 1. The Kier molecular flexibility index (Phi) is 2.73. The molecule has 4 nitrogen and oxygen atoms in total. The topological polar surface area (TPSA) is 87.1 Å². The van der Waals surface area contributed by atoms with Gasteiger partial charge < -0.3 is 10.8 Å². The molecule has 4 heteroatoms. The zero-order chi connectivity index (χ0) is 10.7. The van der Waals surface area contributed by atoms with Crippen molar-refractivity contribution < 1.29 is 9.90 Å². The minimum Gasteiger partial charge on any atom is -0.481 e. The monoisotopic (exact) mass is 190 g/mol. The average molecular weight is 190 g/mol. The van der Waals surface area contributed by atoms with Crippen molar-refractivity contribution in [2.24, 2.45) is 0 Å². The van der Waals surface area contributed by atoms with Gasteiger partial charge in [-0.25, -0.2) is 0 Å². The third-order valence-corrected chi connectivity index (χ3v) is 2.03. The summed E-state index contributed by atoms with van der Waals surface area (Å²) in [4.78, 5) is 10.5. The summed E-state index contributed by atoms with van der Waals surface area (Å²) in [5.74, 6) is -0.928. The van der Waals surface area contributed by atoms with E-state index in [9.17, 15) is 4.79 Å². The smallest absolute Gasteiger partial charge is 0.307 e. The van der Waals surface area contributed by atoms with E-state index in [2.05, 4.69) is 0 Å². The fraction of sp³-hybridized carbons (Fsp3) is 0.200. The lowest BCUT2D eigenvalue weighted by atomic mass is 10.0. The van der Waals surface area contributed by atoms with Crippen molar-refractivity contribution in [3.8, 4) is 6.07 Å². The molecule has 0 spiro atoms. The van der Waals surface area contributed by atoms with Crippen LogP contribution in [0.5, 0.6) is 0 Å². The summed E-state index contributed by atoms with van der Waals surface area (Å²) in [6.07, 6.45) is -0.106. The van der Waals surface area contributed by atoms with Gasteiger partial charge in [-0.1, -0.05) is 0 Å². The zero-order valence-electron chi connectivity index (χ0n) is 7.74. The van der Waals surface area contributed by atoms with Crippen LogP contribution in [-0.2, 0) is 11.2 Å². The first-order chi connectivity index (χ1) is 6.54. The number of carboxylic acid groups (broad SMARTS) is 1. The van der Waals surface area contributed by atoms with Crippen LogP contribution < -0.4 is 5.73 Å². The largest absolute Gasteiger partial charge is 0.481 e. The molecule has 0 aliphatic carbocycles. The minimum absolute atomic E-state index is 0.106. The molecule has 14 heavy (non-hydrogen) atoms. The number of anilines is 1. The summed E-state index contributed by atoms with van der Waals surface area (Å²) >= 11 is 0. The summed E-state index contributed by atoms with van der Waals surface area (Å²) in [6, 6.07) is 5.03. The van der Waals surface area contributed by atoms with Crippen molar-refractivity contribution in [1.82, 2.24) is 0 Å². The van der Waals surface area contributed by atoms with Crippen LogP contribution in [0.4, 0.5) is 5.69 Å². The highest BCUT2D eigenvalue weighted by Crippen LogP contribution is 2.19. The van der Waals surface area contributed by atoms with Gasteiger partial charge in [0, 0.05) is 5.69 Å². The molecule has 0 heterocycles. The van der Waals surface area contributed by atoms with Crippen molar-refractivity contribution in [3.05, 3.63) is 28.8 Å². The third-order valence-electron chi connectivity index (χ3n) is 2.03. The van der Waals surface area contributed by atoms with E-state index in [0.29, 0.717) is 16.8 Å². The molecule has 0 aromatic heterocycles. The SMILES string of the molecule is Cc1c(N)cc(C#N)cc1CC(=O)O. The van der Waals surface area contributed by atoms with Gasteiger partial charge in [-0.15, -0.1) is 0 Å². The maximum absolute atomic E-state index is 10.5. The number of nitrogens with two attached hydrogens (primary N) is 1. The van der Waals surface area contributed by atoms with Gasteiger partial charge in [0.1, 0.15) is 0 Å². The Hall–Kier alpha value is -2.02. The normalized spacial score (nSPS) is 9.43. The van der Waals surface area contributed by atoms with Gasteiger partial charge in [-0.05, 0) is 30.2 Å². The molecule has 3 N–H and O–H groups in total. The van der Waals surface area contributed by atoms with Crippen molar-refractivity contribution >= 4 is 11.7 Å². The average Bonchev–Trinajstić information content (AvgIpc) is 2.11. The molecular formula is C10H10N2O2. The molecule has 0 aliphatic heterocycles. The molecule has 1 rings (SSSR count). The molecule has 0 atom stereocenters. The Labute approximate surface area is 81.6 Å². The van der Waals surface area contributed by atoms with Gasteiger partial charge >= 0.3 is 5.97 Å². The predicted octanol–water partition coefficient (Wildman–Crippen LogP) is 1.08. The number of hydrogen-bond acceptors (Lipinski definition) is 3. The molecule has 0 aliphatic rings. The van der Waals surface area contributed by atoms with E-state index < -0.39 is 5.97 Å². The molecule has 0 amide bonds. The second kappa shape index (κ2) is 3.79. The van der Waals surface area contributed by atoms with Crippen molar-refractivity contribution in [2.75, 3.05) is 5.73 Å². The molecule has 0 unspecified atom stereocenters. The van der Waals surface area contributed by atoms with E-state index in [4.69, 9.17) is 16.1 Å². The third kappa shape index (κ3) is 2.02. The van der Waals surface area contributed by atoms with E-state index in [1.807, 2.05) is 6.07 Å². The van der Waals surface area contributed by atoms with E-state index >= 15 is 0 Å². The summed E-state index contributed by atoms with van der Waals surface area (Å²) in [5.41, 5.74) is 7.80. The zero-order valence-corrected chi connectivity index (χ0v) is 7.74. The molecule has 0 radical (unpaired) electrons. The van der Waals surface area contributed by atoms with Crippen LogP contribution >= 0.6 is 0 Å². The molecule has 0 saturated heterocycles. The summed E-state index contributed by atoms with van der Waals surface area (Å²) in [7, 11) is 0. The molecule has 1 aromatic rings. The van der Waals surface area contributed by atoms with Gasteiger partial charge in [0.25, 0.3) is 0 Å². The standard InChI is InChI=1S/C10H10N2O2/c1-6-8(4-10(13)14)2-7(5-11)3-9(6)12/h2-3H,4,12H2,1H3,(H,13,14). The van der Waals surface area contributed by atoms with Crippen molar-refractivity contribution in [1.29, 1.82) is 5.26 Å². The second-order valence-corrected chi connectivity index (χ2v) is 3.03. The lowest BCUT2D eigenvalue weighted by Gasteiger charge is -2.06. The summed E-state index contributed by atoms with van der Waals surface area (Å²) in [6.45, 7) is 1.74. The quantitative estimate of drug-likeness (QED) is 0.683. The maximum atomic E-state index is 10.5. The Bertz CT molecular complexity index is 419. The number of aliphatic carboxylic acids is 1. The summed E-state index contributed by atoms with van der Waals surface area (Å²) < 4.78 is 0. The highest BCUT2D eigenvalue weighted by atomic mass is 16.4. The Morgan fingerprint density at radius 3 is 2.79 bits per heavy atom. The Morgan fingerprint density at radius 1 is 1.64 bits per heavy atom. The number of benzene rings is 1. The van der Waals surface area contributed by atoms with Gasteiger partial charge in [0.2, 0.25) is 0 Å². The summed E-state index contributed by atoms with van der Waals surface area (Å²) in [5, 5.41) is 17.3. The van der Waals surface area contributed by atoms with E-state index in [1.54, 1.807) is 19.1 Å². The molecule has 0 saturated carbocycles. The minimum atomic E-state index is -0.928. The fourth-order valence-electron chi connectivity index (χ4n) is 1.21. The Morgan fingerprint density at radius 2 is 2.29 bits per heavy atom. The first kappa shape index (κ1) is 10.1. The number of rotatable bonds is 2. The molecular weight excluding hydrogens is 180 g/mol. The number of hydrogen-bond donors (Lipinski definition) is 2. The fourth-order valence-corrected chi connectivity index (χ4v) is 1.21. The van der Waals surface area contributed by atoms with Gasteiger partial charge in [0.05, 0.1) is 18.1 Å². The van der Waals surface area contributed by atoms with Crippen LogP contribution in [0, 0.1) is 18.3 Å². The van der Waals surface area contributed by atoms with E-state index in [-0.39, 0.29) is 6.42 Å². The predicted molar refractivity (Wildman–Crippen MR) is 51.6 cm³/mol. The molecule has 0 fully saturated rings. The lowest BCUT2D eigenvalue weighted by Crippen LogP contribution is -2.04. The van der Waals surface area contributed by atoms with Crippen molar-refractivity contribution in [2.45, 2.75) is 13.3 Å². The highest BCUT2D eigenvalue weighted by molar-refractivity contribution is 5.72. The Balaban J connectivity index is 3.21. The first-order valence-corrected chi connectivity index (χ1v) is 4.05. The lowest BCUT2D eigenvalue weighted by molar-refractivity contribution is -0.136. The van der Waals surface area contributed by atoms with Crippen LogP contribution in [-0.4, -0.2) is 11.1 Å². The van der Waals surface area contributed by atoms with Crippen molar-refractivity contribution in [3.63, 3.8) is 0 Å². The van der Waals surface area contributed by atoms with Gasteiger partial charge in [-0.3, -0.25) is 4.79 Å². The van der Waals surface area contributed by atoms with Crippen LogP contribution in [0.25, 0.3) is 0 Å². The van der Waals surface area contributed by atoms with Gasteiger partial charge in [0.15, 0.2) is 0 Å². The highest BCUT2D eigenvalue weighted by Gasteiger charge is 2.08. The van der Waals surface area contributed by atoms with Gasteiger partial charge in [-0.2, -0.15) is 5.26 Å². The number of carboxylic acids is 1.